The van der Waals surface area contributed by atoms with Gasteiger partial charge in [-0.3, -0.25) is 0 Å². The lowest BCUT2D eigenvalue weighted by molar-refractivity contribution is 0.896. The van der Waals surface area contributed by atoms with E-state index in [0.29, 0.717) is 5.82 Å². The van der Waals surface area contributed by atoms with Crippen LogP contribution in [0.15, 0.2) is 46.3 Å². The van der Waals surface area contributed by atoms with Crippen molar-refractivity contribution in [3.05, 3.63) is 51.8 Å². The van der Waals surface area contributed by atoms with Crippen LogP contribution in [0.2, 0.25) is 0 Å². The first-order valence-electron chi connectivity index (χ1n) is 5.82. The lowest BCUT2D eigenvalue weighted by Gasteiger charge is -2.02. The van der Waals surface area contributed by atoms with Crippen molar-refractivity contribution in [3.8, 4) is 16.3 Å². The third-order valence-electron chi connectivity index (χ3n) is 2.85. The summed E-state index contributed by atoms with van der Waals surface area (Å²) in [6.45, 7) is 2.07. The van der Waals surface area contributed by atoms with Crippen molar-refractivity contribution in [2.45, 2.75) is 6.92 Å². The van der Waals surface area contributed by atoms with Gasteiger partial charge in [-0.2, -0.15) is 5.10 Å². The van der Waals surface area contributed by atoms with Gasteiger partial charge in [0.15, 0.2) is 0 Å². The Bertz CT molecular complexity index is 696. The maximum atomic E-state index is 6.05. The zero-order valence-electron chi connectivity index (χ0n) is 10.3. The van der Waals surface area contributed by atoms with Gasteiger partial charge < -0.3 is 5.73 Å². The molecule has 3 rings (SSSR count). The van der Waals surface area contributed by atoms with E-state index in [2.05, 4.69) is 34.0 Å². The molecule has 1 aromatic carbocycles. The first kappa shape index (κ1) is 12.4. The van der Waals surface area contributed by atoms with E-state index in [0.717, 1.165) is 20.0 Å². The zero-order valence-corrected chi connectivity index (χ0v) is 12.7. The fraction of sp³-hybridized carbons (Fsp3) is 0.0714. The molecule has 2 heterocycles. The number of nitrogens with zero attached hydrogens (tertiary/aromatic N) is 2. The Labute approximate surface area is 123 Å². The second-order valence-corrected chi connectivity index (χ2v) is 6.64. The molecule has 0 aliphatic rings. The van der Waals surface area contributed by atoms with E-state index in [1.54, 1.807) is 16.0 Å². The predicted molar refractivity (Wildman–Crippen MR) is 83.7 cm³/mol. The highest BCUT2D eigenvalue weighted by atomic mass is 79.9. The van der Waals surface area contributed by atoms with E-state index in [1.165, 1.54) is 5.56 Å². The van der Waals surface area contributed by atoms with Crippen molar-refractivity contribution in [2.24, 2.45) is 0 Å². The minimum absolute atomic E-state index is 0.642. The van der Waals surface area contributed by atoms with E-state index in [9.17, 15) is 0 Å². The SMILES string of the molecule is Cc1cc(-c2cc(N)n(-c3ccccc3)n2)sc1Br. The van der Waals surface area contributed by atoms with Crippen molar-refractivity contribution < 1.29 is 0 Å². The number of halogens is 1. The summed E-state index contributed by atoms with van der Waals surface area (Å²) in [5.74, 6) is 0.642. The second-order valence-electron chi connectivity index (χ2n) is 4.27. The second kappa shape index (κ2) is 4.83. The van der Waals surface area contributed by atoms with E-state index in [-0.39, 0.29) is 0 Å². The molecule has 2 N–H and O–H groups in total. The fourth-order valence-corrected chi connectivity index (χ4v) is 3.37. The number of anilines is 1. The van der Waals surface area contributed by atoms with Crippen molar-refractivity contribution in [2.75, 3.05) is 5.73 Å². The Balaban J connectivity index is 2.07. The van der Waals surface area contributed by atoms with Crippen LogP contribution >= 0.6 is 27.3 Å². The van der Waals surface area contributed by atoms with Gasteiger partial charge in [0.1, 0.15) is 11.5 Å². The molecule has 0 spiro atoms. The fourth-order valence-electron chi connectivity index (χ4n) is 1.88. The highest BCUT2D eigenvalue weighted by molar-refractivity contribution is 9.11. The molecule has 0 aliphatic heterocycles. The maximum Gasteiger partial charge on any atom is 0.127 e. The summed E-state index contributed by atoms with van der Waals surface area (Å²) in [5, 5.41) is 4.59. The van der Waals surface area contributed by atoms with Gasteiger partial charge in [0, 0.05) is 6.07 Å². The van der Waals surface area contributed by atoms with Crippen LogP contribution in [0, 0.1) is 6.92 Å². The number of nitrogen functional groups attached to an aromatic ring is 1. The molecule has 0 bridgehead atoms. The molecule has 3 nitrogen and oxygen atoms in total. The van der Waals surface area contributed by atoms with Crippen LogP contribution in [-0.4, -0.2) is 9.78 Å². The third kappa shape index (κ3) is 2.31. The summed E-state index contributed by atoms with van der Waals surface area (Å²) in [7, 11) is 0. The number of aromatic nitrogens is 2. The van der Waals surface area contributed by atoms with Crippen molar-refractivity contribution in [3.63, 3.8) is 0 Å². The Kier molecular flexibility index (Phi) is 3.16. The molecule has 0 unspecified atom stereocenters. The summed E-state index contributed by atoms with van der Waals surface area (Å²) in [6.07, 6.45) is 0. The molecule has 2 aromatic heterocycles. The topological polar surface area (TPSA) is 43.8 Å². The number of hydrogen-bond acceptors (Lipinski definition) is 3. The normalized spacial score (nSPS) is 10.8. The molecule has 0 radical (unpaired) electrons. The quantitative estimate of drug-likeness (QED) is 0.761. The number of para-hydroxylation sites is 1. The van der Waals surface area contributed by atoms with Crippen LogP contribution in [-0.2, 0) is 0 Å². The molecule has 0 saturated carbocycles. The Morgan fingerprint density at radius 3 is 2.58 bits per heavy atom. The summed E-state index contributed by atoms with van der Waals surface area (Å²) >= 11 is 5.21. The van der Waals surface area contributed by atoms with Gasteiger partial charge in [0.05, 0.1) is 14.4 Å². The van der Waals surface area contributed by atoms with Gasteiger partial charge in [0.25, 0.3) is 0 Å². The summed E-state index contributed by atoms with van der Waals surface area (Å²) in [5.41, 5.74) is 9.14. The standard InChI is InChI=1S/C14H12BrN3S/c1-9-7-12(19-14(9)15)11-8-13(16)18(17-11)10-5-3-2-4-6-10/h2-8H,16H2,1H3. The summed E-state index contributed by atoms with van der Waals surface area (Å²) < 4.78 is 2.90. The predicted octanol–water partition coefficient (Wildman–Crippen LogP) is 4.25. The molecule has 0 aliphatic carbocycles. The van der Waals surface area contributed by atoms with E-state index >= 15 is 0 Å². The largest absolute Gasteiger partial charge is 0.384 e. The Morgan fingerprint density at radius 1 is 1.21 bits per heavy atom. The van der Waals surface area contributed by atoms with Crippen LogP contribution in [0.5, 0.6) is 0 Å². The molecule has 0 fully saturated rings. The minimum atomic E-state index is 0.642. The number of rotatable bonds is 2. The van der Waals surface area contributed by atoms with Crippen LogP contribution in [0.25, 0.3) is 16.3 Å². The van der Waals surface area contributed by atoms with Crippen LogP contribution < -0.4 is 5.73 Å². The van der Waals surface area contributed by atoms with E-state index < -0.39 is 0 Å². The molecule has 0 amide bonds. The number of thiophene rings is 1. The monoisotopic (exact) mass is 333 g/mol. The minimum Gasteiger partial charge on any atom is -0.384 e. The van der Waals surface area contributed by atoms with Crippen LogP contribution in [0.1, 0.15) is 5.56 Å². The number of hydrogen-bond donors (Lipinski definition) is 1. The number of nitrogens with two attached hydrogens (primary N) is 1. The molecular formula is C14H12BrN3S. The molecule has 96 valence electrons. The number of aryl methyl sites for hydroxylation is 1. The summed E-state index contributed by atoms with van der Waals surface area (Å²) in [4.78, 5) is 1.12. The Hall–Kier alpha value is -1.59. The Morgan fingerprint density at radius 2 is 1.95 bits per heavy atom. The summed E-state index contributed by atoms with van der Waals surface area (Å²) in [6, 6.07) is 13.9. The lowest BCUT2D eigenvalue weighted by atomic mass is 10.3. The van der Waals surface area contributed by atoms with Crippen molar-refractivity contribution in [1.82, 2.24) is 9.78 Å². The highest BCUT2D eigenvalue weighted by Gasteiger charge is 2.11. The van der Waals surface area contributed by atoms with E-state index in [1.807, 2.05) is 36.4 Å². The van der Waals surface area contributed by atoms with Crippen molar-refractivity contribution >= 4 is 33.1 Å². The van der Waals surface area contributed by atoms with Gasteiger partial charge in [-0.1, -0.05) is 18.2 Å². The molecule has 0 atom stereocenters. The zero-order chi connectivity index (χ0) is 13.4. The smallest absolute Gasteiger partial charge is 0.127 e. The first-order valence-corrected chi connectivity index (χ1v) is 7.43. The van der Waals surface area contributed by atoms with Gasteiger partial charge >= 0.3 is 0 Å². The van der Waals surface area contributed by atoms with Gasteiger partial charge in [0.2, 0.25) is 0 Å². The van der Waals surface area contributed by atoms with Gasteiger partial charge in [-0.25, -0.2) is 4.68 Å². The van der Waals surface area contributed by atoms with Gasteiger partial charge in [-0.05, 0) is 46.6 Å². The molecule has 3 aromatic rings. The maximum absolute atomic E-state index is 6.05. The first-order chi connectivity index (χ1) is 9.15. The highest BCUT2D eigenvalue weighted by Crippen LogP contribution is 2.35. The molecule has 5 heteroatoms. The van der Waals surface area contributed by atoms with Crippen LogP contribution in [0.4, 0.5) is 5.82 Å². The lowest BCUT2D eigenvalue weighted by Crippen LogP contribution is -2.00. The van der Waals surface area contributed by atoms with Gasteiger partial charge in [-0.15, -0.1) is 11.3 Å². The molecular weight excluding hydrogens is 322 g/mol. The molecule has 19 heavy (non-hydrogen) atoms. The molecule has 0 saturated heterocycles. The van der Waals surface area contributed by atoms with Crippen LogP contribution in [0.3, 0.4) is 0 Å². The third-order valence-corrected chi connectivity index (χ3v) is 5.01. The van der Waals surface area contributed by atoms with E-state index in [4.69, 9.17) is 5.73 Å². The average molecular weight is 334 g/mol. The average Bonchev–Trinajstić information content (AvgIpc) is 2.95. The van der Waals surface area contributed by atoms with Crippen molar-refractivity contribution in [1.29, 1.82) is 0 Å². The number of benzene rings is 1.